The maximum Gasteiger partial charge on any atom is 0.310 e. The van der Waals surface area contributed by atoms with Gasteiger partial charge in [-0.05, 0) is 53.4 Å². The van der Waals surface area contributed by atoms with Gasteiger partial charge in [-0.15, -0.1) is 0 Å². The largest absolute Gasteiger partial charge is 0.481 e. The van der Waals surface area contributed by atoms with E-state index in [0.29, 0.717) is 18.3 Å². The van der Waals surface area contributed by atoms with Gasteiger partial charge in [0.15, 0.2) is 0 Å². The fourth-order valence-electron chi connectivity index (χ4n) is 3.62. The van der Waals surface area contributed by atoms with E-state index in [1.165, 1.54) is 6.42 Å². The van der Waals surface area contributed by atoms with Crippen molar-refractivity contribution in [3.05, 3.63) is 15.9 Å². The topological polar surface area (TPSA) is 55.1 Å². The van der Waals surface area contributed by atoms with Crippen LogP contribution < -0.4 is 0 Å². The van der Waals surface area contributed by atoms with Gasteiger partial charge < -0.3 is 5.11 Å². The van der Waals surface area contributed by atoms with Crippen LogP contribution >= 0.6 is 15.9 Å². The molecule has 0 amide bonds. The number of aryl methyl sites for hydroxylation is 2. The quantitative estimate of drug-likeness (QED) is 0.925. The Bertz CT molecular complexity index is 528. The van der Waals surface area contributed by atoms with E-state index in [2.05, 4.69) is 28.0 Å². The summed E-state index contributed by atoms with van der Waals surface area (Å²) in [5.74, 6) is 0.688. The molecule has 0 bridgehead atoms. The molecule has 3 rings (SSSR count). The summed E-state index contributed by atoms with van der Waals surface area (Å²) >= 11 is 3.59. The van der Waals surface area contributed by atoms with Crippen molar-refractivity contribution in [2.24, 2.45) is 24.3 Å². The van der Waals surface area contributed by atoms with E-state index in [4.69, 9.17) is 0 Å². The molecule has 1 aromatic rings. The van der Waals surface area contributed by atoms with Crippen LogP contribution in [0.3, 0.4) is 0 Å². The van der Waals surface area contributed by atoms with Gasteiger partial charge in [0.05, 0.1) is 21.3 Å². The highest BCUT2D eigenvalue weighted by Crippen LogP contribution is 2.61. The number of rotatable bonds is 4. The monoisotopic (exact) mass is 326 g/mol. The highest BCUT2D eigenvalue weighted by Gasteiger charge is 2.57. The van der Waals surface area contributed by atoms with E-state index in [1.54, 1.807) is 0 Å². The van der Waals surface area contributed by atoms with Crippen LogP contribution in [-0.2, 0) is 24.7 Å². The van der Waals surface area contributed by atoms with Crippen molar-refractivity contribution in [1.29, 1.82) is 0 Å². The highest BCUT2D eigenvalue weighted by atomic mass is 79.9. The van der Waals surface area contributed by atoms with Gasteiger partial charge in [0.25, 0.3) is 0 Å². The third-order valence-electron chi connectivity index (χ3n) is 4.84. The molecule has 1 aromatic heterocycles. The Balaban J connectivity index is 1.91. The van der Waals surface area contributed by atoms with Crippen molar-refractivity contribution in [2.45, 2.75) is 39.0 Å². The smallest absolute Gasteiger partial charge is 0.310 e. The van der Waals surface area contributed by atoms with E-state index >= 15 is 0 Å². The van der Waals surface area contributed by atoms with Gasteiger partial charge in [0, 0.05) is 13.5 Å². The van der Waals surface area contributed by atoms with Gasteiger partial charge in [-0.3, -0.25) is 9.48 Å². The van der Waals surface area contributed by atoms with E-state index in [1.807, 2.05) is 11.7 Å². The Morgan fingerprint density at radius 1 is 1.53 bits per heavy atom. The lowest BCUT2D eigenvalue weighted by molar-refractivity contribution is -0.149. The van der Waals surface area contributed by atoms with Crippen LogP contribution in [0.2, 0.25) is 0 Å². The van der Waals surface area contributed by atoms with E-state index < -0.39 is 11.4 Å². The van der Waals surface area contributed by atoms with Crippen LogP contribution in [0.4, 0.5) is 0 Å². The Morgan fingerprint density at radius 3 is 2.63 bits per heavy atom. The lowest BCUT2D eigenvalue weighted by Gasteiger charge is -2.26. The first kappa shape index (κ1) is 13.2. The first-order valence-corrected chi connectivity index (χ1v) is 7.70. The SMILES string of the molecule is CCc1nn(C)c(CC2(C(=O)O)CC3CC3C2)c1Br. The molecule has 0 saturated heterocycles. The molecule has 0 radical (unpaired) electrons. The number of hydrogen-bond acceptors (Lipinski definition) is 2. The van der Waals surface area contributed by atoms with Gasteiger partial charge >= 0.3 is 5.97 Å². The fourth-order valence-corrected chi connectivity index (χ4v) is 4.38. The van der Waals surface area contributed by atoms with Crippen LogP contribution in [-0.4, -0.2) is 20.9 Å². The Kier molecular flexibility index (Phi) is 3.00. The van der Waals surface area contributed by atoms with Gasteiger partial charge in [-0.25, -0.2) is 0 Å². The number of carboxylic acids is 1. The van der Waals surface area contributed by atoms with Gasteiger partial charge in [0.2, 0.25) is 0 Å². The molecule has 5 heteroatoms. The summed E-state index contributed by atoms with van der Waals surface area (Å²) in [4.78, 5) is 11.7. The molecule has 2 fully saturated rings. The van der Waals surface area contributed by atoms with Crippen molar-refractivity contribution >= 4 is 21.9 Å². The Labute approximate surface area is 121 Å². The maximum absolute atomic E-state index is 11.7. The summed E-state index contributed by atoms with van der Waals surface area (Å²) in [7, 11) is 1.91. The van der Waals surface area contributed by atoms with Crippen molar-refractivity contribution in [3.8, 4) is 0 Å². The molecule has 2 atom stereocenters. The van der Waals surface area contributed by atoms with Gasteiger partial charge in [-0.2, -0.15) is 5.10 Å². The maximum atomic E-state index is 11.7. The fraction of sp³-hybridized carbons (Fsp3) is 0.714. The number of fused-ring (bicyclic) bond motifs is 1. The Hall–Kier alpha value is -0.840. The second kappa shape index (κ2) is 4.33. The van der Waals surface area contributed by atoms with Crippen LogP contribution in [0.25, 0.3) is 0 Å². The number of halogens is 1. The van der Waals surface area contributed by atoms with E-state index in [0.717, 1.165) is 35.1 Å². The first-order valence-electron chi connectivity index (χ1n) is 6.90. The van der Waals surface area contributed by atoms with Crippen LogP contribution in [0.1, 0.15) is 37.6 Å². The number of carboxylic acid groups (broad SMARTS) is 1. The zero-order valence-corrected chi connectivity index (χ0v) is 12.9. The normalized spacial score (nSPS) is 32.4. The summed E-state index contributed by atoms with van der Waals surface area (Å²) in [5.41, 5.74) is 1.48. The molecule has 0 spiro atoms. The van der Waals surface area contributed by atoms with Crippen molar-refractivity contribution < 1.29 is 9.90 Å². The average molecular weight is 327 g/mol. The summed E-state index contributed by atoms with van der Waals surface area (Å²) in [6.45, 7) is 2.06. The Morgan fingerprint density at radius 2 is 2.16 bits per heavy atom. The van der Waals surface area contributed by atoms with Gasteiger partial charge in [-0.1, -0.05) is 6.92 Å². The zero-order valence-electron chi connectivity index (χ0n) is 11.3. The summed E-state index contributed by atoms with van der Waals surface area (Å²) in [6.07, 6.45) is 4.37. The van der Waals surface area contributed by atoms with Crippen molar-refractivity contribution in [3.63, 3.8) is 0 Å². The molecule has 1 N–H and O–H groups in total. The molecule has 1 heterocycles. The predicted octanol–water partition coefficient (Wildman–Crippen LogP) is 2.79. The van der Waals surface area contributed by atoms with Gasteiger partial charge in [0.1, 0.15) is 0 Å². The molecule has 2 aliphatic carbocycles. The van der Waals surface area contributed by atoms with Crippen LogP contribution in [0.15, 0.2) is 4.47 Å². The molecule has 104 valence electrons. The molecule has 2 unspecified atom stereocenters. The molecule has 0 aromatic carbocycles. The third-order valence-corrected chi connectivity index (χ3v) is 5.75. The molecule has 19 heavy (non-hydrogen) atoms. The second-order valence-electron chi connectivity index (χ2n) is 6.11. The second-order valence-corrected chi connectivity index (χ2v) is 6.90. The molecule has 4 nitrogen and oxygen atoms in total. The number of aromatic nitrogens is 2. The number of nitrogens with zero attached hydrogens (tertiary/aromatic N) is 2. The minimum Gasteiger partial charge on any atom is -0.481 e. The standard InChI is InChI=1S/C14H19BrN2O2/c1-3-10-12(15)11(17(2)16-10)7-14(13(18)19)5-8-4-9(8)6-14/h8-9H,3-7H2,1-2H3,(H,18,19). The number of hydrogen-bond donors (Lipinski definition) is 1. The molecular formula is C14H19BrN2O2. The average Bonchev–Trinajstić information content (AvgIpc) is 2.89. The first-order chi connectivity index (χ1) is 8.97. The van der Waals surface area contributed by atoms with Crippen LogP contribution in [0.5, 0.6) is 0 Å². The number of aliphatic carboxylic acids is 1. The molecule has 2 aliphatic rings. The molecular weight excluding hydrogens is 308 g/mol. The summed E-state index contributed by atoms with van der Waals surface area (Å²) in [5, 5.41) is 14.1. The molecule has 0 aliphatic heterocycles. The predicted molar refractivity (Wildman–Crippen MR) is 74.9 cm³/mol. The van der Waals surface area contributed by atoms with Crippen molar-refractivity contribution in [1.82, 2.24) is 9.78 Å². The third kappa shape index (κ3) is 2.02. The summed E-state index contributed by atoms with van der Waals surface area (Å²) in [6, 6.07) is 0. The number of carbonyl (C=O) groups is 1. The van der Waals surface area contributed by atoms with Crippen molar-refractivity contribution in [2.75, 3.05) is 0 Å². The summed E-state index contributed by atoms with van der Waals surface area (Å²) < 4.78 is 2.84. The minimum absolute atomic E-state index is 0.561. The highest BCUT2D eigenvalue weighted by molar-refractivity contribution is 9.10. The van der Waals surface area contributed by atoms with E-state index in [9.17, 15) is 9.90 Å². The lowest BCUT2D eigenvalue weighted by atomic mass is 9.78. The zero-order chi connectivity index (χ0) is 13.8. The minimum atomic E-state index is -0.633. The van der Waals surface area contributed by atoms with E-state index in [-0.39, 0.29) is 0 Å². The molecule has 2 saturated carbocycles. The van der Waals surface area contributed by atoms with Crippen LogP contribution in [0, 0.1) is 17.3 Å². The lowest BCUT2D eigenvalue weighted by Crippen LogP contribution is -2.32.